The highest BCUT2D eigenvalue weighted by Gasteiger charge is 2.49. The zero-order valence-electron chi connectivity index (χ0n) is 14.6. The Hall–Kier alpha value is -1.90. The van der Waals surface area contributed by atoms with Gasteiger partial charge in [0.1, 0.15) is 5.69 Å². The number of hydrogen-bond acceptors (Lipinski definition) is 5. The number of nitrogens with zero attached hydrogens (tertiary/aromatic N) is 3. The summed E-state index contributed by atoms with van der Waals surface area (Å²) in [4.78, 5) is 28.2. The molecule has 138 valence electrons. The van der Waals surface area contributed by atoms with Gasteiger partial charge in [0, 0.05) is 25.2 Å². The first-order chi connectivity index (χ1) is 11.9. The van der Waals surface area contributed by atoms with Crippen LogP contribution < -0.4 is 0 Å². The summed E-state index contributed by atoms with van der Waals surface area (Å²) in [6.07, 6.45) is 2.08. The predicted octanol–water partition coefficient (Wildman–Crippen LogP) is 0.222. The maximum atomic E-state index is 12.9. The van der Waals surface area contributed by atoms with Gasteiger partial charge < -0.3 is 9.80 Å². The van der Waals surface area contributed by atoms with Gasteiger partial charge >= 0.3 is 0 Å². The number of rotatable bonds is 4. The van der Waals surface area contributed by atoms with Crippen molar-refractivity contribution in [2.75, 3.05) is 24.6 Å². The highest BCUT2D eigenvalue weighted by molar-refractivity contribution is 7.91. The van der Waals surface area contributed by atoms with Crippen LogP contribution in [0.2, 0.25) is 0 Å². The predicted molar refractivity (Wildman–Crippen MR) is 91.9 cm³/mol. The van der Waals surface area contributed by atoms with Crippen LogP contribution in [-0.4, -0.2) is 76.9 Å². The van der Waals surface area contributed by atoms with Crippen molar-refractivity contribution in [2.45, 2.75) is 45.2 Å². The average Bonchev–Trinajstić information content (AvgIpc) is 3.15. The van der Waals surface area contributed by atoms with E-state index in [0.717, 1.165) is 18.5 Å². The Morgan fingerprint density at radius 2 is 1.84 bits per heavy atom. The van der Waals surface area contributed by atoms with E-state index in [-0.39, 0.29) is 23.3 Å². The van der Waals surface area contributed by atoms with E-state index in [9.17, 15) is 18.0 Å². The van der Waals surface area contributed by atoms with E-state index in [2.05, 4.69) is 10.2 Å². The minimum Gasteiger partial charge on any atom is -0.335 e. The van der Waals surface area contributed by atoms with E-state index in [1.54, 1.807) is 22.8 Å². The summed E-state index contributed by atoms with van der Waals surface area (Å²) in [7, 11) is -3.27. The molecule has 1 aromatic rings. The van der Waals surface area contributed by atoms with Gasteiger partial charge in [-0.15, -0.1) is 0 Å². The summed E-state index contributed by atoms with van der Waals surface area (Å²) in [5, 5.41) is 6.94. The van der Waals surface area contributed by atoms with Crippen LogP contribution in [0.5, 0.6) is 0 Å². The summed E-state index contributed by atoms with van der Waals surface area (Å²) in [6.45, 7) is 4.50. The van der Waals surface area contributed by atoms with E-state index in [1.165, 1.54) is 0 Å². The Kier molecular flexibility index (Phi) is 4.86. The number of amides is 2. The van der Waals surface area contributed by atoms with Gasteiger partial charge in [0.05, 0.1) is 23.6 Å². The van der Waals surface area contributed by atoms with Gasteiger partial charge in [-0.3, -0.25) is 14.7 Å². The maximum Gasteiger partial charge on any atom is 0.274 e. The molecule has 2 saturated heterocycles. The molecule has 0 bridgehead atoms. The summed E-state index contributed by atoms with van der Waals surface area (Å²) < 4.78 is 24.3. The van der Waals surface area contributed by atoms with Crippen LogP contribution in [0.4, 0.5) is 0 Å². The van der Waals surface area contributed by atoms with Crippen LogP contribution in [0.1, 0.15) is 42.9 Å². The van der Waals surface area contributed by atoms with Crippen LogP contribution in [-0.2, 0) is 21.1 Å². The summed E-state index contributed by atoms with van der Waals surface area (Å²) in [5.41, 5.74) is 1.20. The number of H-pyrrole nitrogens is 1. The van der Waals surface area contributed by atoms with Crippen LogP contribution in [0.3, 0.4) is 0 Å². The number of nitrogens with one attached hydrogen (secondary N) is 1. The highest BCUT2D eigenvalue weighted by Crippen LogP contribution is 2.28. The largest absolute Gasteiger partial charge is 0.335 e. The third kappa shape index (κ3) is 3.42. The first kappa shape index (κ1) is 17.9. The molecule has 2 fully saturated rings. The molecule has 0 unspecified atom stereocenters. The Balaban J connectivity index is 1.84. The van der Waals surface area contributed by atoms with Gasteiger partial charge in [-0.2, -0.15) is 5.10 Å². The number of aromatic nitrogens is 2. The van der Waals surface area contributed by atoms with Crippen LogP contribution in [0, 0.1) is 0 Å². The number of carbonyl (C=O) groups is 2. The topological polar surface area (TPSA) is 103 Å². The fraction of sp³-hybridized carbons (Fsp3) is 0.688. The lowest BCUT2D eigenvalue weighted by Gasteiger charge is -2.43. The van der Waals surface area contributed by atoms with Crippen LogP contribution in [0.25, 0.3) is 0 Å². The smallest absolute Gasteiger partial charge is 0.274 e. The zero-order chi connectivity index (χ0) is 18.2. The van der Waals surface area contributed by atoms with Crippen molar-refractivity contribution in [3.05, 3.63) is 17.5 Å². The van der Waals surface area contributed by atoms with Gasteiger partial charge in [-0.1, -0.05) is 20.3 Å². The maximum absolute atomic E-state index is 12.9. The van der Waals surface area contributed by atoms with Crippen LogP contribution >= 0.6 is 0 Å². The lowest BCUT2D eigenvalue weighted by atomic mass is 10.0. The van der Waals surface area contributed by atoms with Gasteiger partial charge in [-0.05, 0) is 12.5 Å². The molecule has 2 atom stereocenters. The van der Waals surface area contributed by atoms with E-state index < -0.39 is 21.9 Å². The van der Waals surface area contributed by atoms with Crippen molar-refractivity contribution >= 4 is 21.7 Å². The van der Waals surface area contributed by atoms with Crippen molar-refractivity contribution in [3.63, 3.8) is 0 Å². The average molecular weight is 368 g/mol. The Labute approximate surface area is 147 Å². The van der Waals surface area contributed by atoms with E-state index >= 15 is 0 Å². The highest BCUT2D eigenvalue weighted by atomic mass is 32.2. The molecule has 9 heteroatoms. The molecule has 0 aliphatic carbocycles. The Bertz CT molecular complexity index is 773. The number of aromatic amines is 1. The van der Waals surface area contributed by atoms with E-state index in [1.807, 2.05) is 6.92 Å². The van der Waals surface area contributed by atoms with Gasteiger partial charge in [-0.25, -0.2) is 8.42 Å². The van der Waals surface area contributed by atoms with E-state index in [0.29, 0.717) is 25.2 Å². The lowest BCUT2D eigenvalue weighted by molar-refractivity contribution is -0.135. The van der Waals surface area contributed by atoms with Crippen LogP contribution in [0.15, 0.2) is 6.07 Å². The molecule has 0 radical (unpaired) electrons. The molecule has 1 N–H and O–H groups in total. The summed E-state index contributed by atoms with van der Waals surface area (Å²) in [5.74, 6) is -0.503. The third-order valence-corrected chi connectivity index (χ3v) is 6.63. The molecular weight excluding hydrogens is 344 g/mol. The molecule has 3 heterocycles. The second kappa shape index (κ2) is 6.78. The fourth-order valence-corrected chi connectivity index (χ4v) is 5.71. The molecule has 2 aliphatic heterocycles. The first-order valence-corrected chi connectivity index (χ1v) is 10.5. The molecule has 2 amide bonds. The normalized spacial score (nSPS) is 25.0. The van der Waals surface area contributed by atoms with Crippen molar-refractivity contribution in [1.82, 2.24) is 20.0 Å². The molecule has 3 rings (SSSR count). The fourth-order valence-electron chi connectivity index (χ4n) is 3.73. The Morgan fingerprint density at radius 3 is 2.48 bits per heavy atom. The number of hydrogen-bond donors (Lipinski definition) is 1. The van der Waals surface area contributed by atoms with Gasteiger partial charge in [0.2, 0.25) is 5.91 Å². The molecular formula is C16H24N4O4S. The molecule has 2 aliphatic rings. The van der Waals surface area contributed by atoms with E-state index in [4.69, 9.17) is 0 Å². The monoisotopic (exact) mass is 368 g/mol. The lowest BCUT2D eigenvalue weighted by Crippen LogP contribution is -2.61. The quantitative estimate of drug-likeness (QED) is 0.819. The number of carbonyl (C=O) groups excluding carboxylic acids is 2. The minimum absolute atomic E-state index is 0.0656. The molecule has 8 nitrogen and oxygen atoms in total. The molecule has 1 aromatic heterocycles. The van der Waals surface area contributed by atoms with Gasteiger partial charge in [0.15, 0.2) is 9.84 Å². The number of sulfone groups is 1. The second-order valence-electron chi connectivity index (χ2n) is 6.68. The second-order valence-corrected chi connectivity index (χ2v) is 8.83. The molecule has 25 heavy (non-hydrogen) atoms. The van der Waals surface area contributed by atoms with Crippen molar-refractivity contribution in [1.29, 1.82) is 0 Å². The van der Waals surface area contributed by atoms with Gasteiger partial charge in [0.25, 0.3) is 5.91 Å². The van der Waals surface area contributed by atoms with Crippen molar-refractivity contribution in [2.24, 2.45) is 0 Å². The first-order valence-electron chi connectivity index (χ1n) is 8.71. The van der Waals surface area contributed by atoms with Crippen molar-refractivity contribution < 1.29 is 18.0 Å². The zero-order valence-corrected chi connectivity index (χ0v) is 15.4. The standard InChI is InChI=1S/C16H24N4O4S/c1-3-5-11-8-12(18-17-11)16(22)20-7-6-19(15(21)4-2)13-9-25(23,24)10-14(13)20/h8,13-14H,3-7,9-10H2,1-2H3,(H,17,18)/t13-,14+/m0/s1. The third-order valence-electron chi connectivity index (χ3n) is 4.93. The minimum atomic E-state index is -3.27. The van der Waals surface area contributed by atoms with Crippen molar-refractivity contribution in [3.8, 4) is 0 Å². The molecule has 0 aromatic carbocycles. The number of fused-ring (bicyclic) bond motifs is 1. The molecule has 0 saturated carbocycles. The Morgan fingerprint density at radius 1 is 1.20 bits per heavy atom. The number of aryl methyl sites for hydroxylation is 1. The summed E-state index contributed by atoms with van der Waals surface area (Å²) in [6, 6.07) is 0.783. The molecule has 0 spiro atoms. The SMILES string of the molecule is CCCc1cc(C(=O)N2CCN(C(=O)CC)[C@H]3CS(=O)(=O)C[C@H]32)n[nH]1. The number of piperazine rings is 1. The summed E-state index contributed by atoms with van der Waals surface area (Å²) >= 11 is 0.